The molecule has 1 saturated heterocycles. The molecule has 0 saturated carbocycles. The summed E-state index contributed by atoms with van der Waals surface area (Å²) in [6.45, 7) is 8.04. The molecule has 2 rings (SSSR count). The zero-order chi connectivity index (χ0) is 20.1. The Kier molecular flexibility index (Phi) is 6.95. The second-order valence-corrected chi connectivity index (χ2v) is 8.26. The predicted octanol–water partition coefficient (Wildman–Crippen LogP) is 2.56. The fourth-order valence-electron chi connectivity index (χ4n) is 3.09. The number of methoxy groups -OCH3 is 1. The van der Waals surface area contributed by atoms with Gasteiger partial charge in [0.15, 0.2) is 0 Å². The summed E-state index contributed by atoms with van der Waals surface area (Å²) >= 11 is 0. The van der Waals surface area contributed by atoms with E-state index in [4.69, 9.17) is 4.74 Å². The lowest BCUT2D eigenvalue weighted by Gasteiger charge is -2.37. The van der Waals surface area contributed by atoms with Crippen LogP contribution < -0.4 is 16.0 Å². The van der Waals surface area contributed by atoms with Crippen LogP contribution in [0.25, 0.3) is 0 Å². The number of carbonyl (C=O) groups is 2. The molecule has 1 aliphatic heterocycles. The van der Waals surface area contributed by atoms with Crippen LogP contribution in [0.1, 0.15) is 44.0 Å². The Labute approximate surface area is 160 Å². The van der Waals surface area contributed by atoms with Gasteiger partial charge in [-0.1, -0.05) is 20.8 Å². The average Bonchev–Trinajstić information content (AvgIpc) is 2.61. The number of anilines is 1. The zero-order valence-corrected chi connectivity index (χ0v) is 16.6. The number of hydrogen-bond donors (Lipinski definition) is 3. The van der Waals surface area contributed by atoms with E-state index < -0.39 is 17.1 Å². The van der Waals surface area contributed by atoms with E-state index in [0.717, 1.165) is 25.9 Å². The summed E-state index contributed by atoms with van der Waals surface area (Å²) in [5.41, 5.74) is -0.416. The van der Waals surface area contributed by atoms with Crippen molar-refractivity contribution in [3.63, 3.8) is 0 Å². The van der Waals surface area contributed by atoms with E-state index in [0.29, 0.717) is 18.8 Å². The summed E-state index contributed by atoms with van der Waals surface area (Å²) in [6.07, 6.45) is 1.76. The number of piperidine rings is 1. The third-order valence-electron chi connectivity index (χ3n) is 4.89. The van der Waals surface area contributed by atoms with Crippen molar-refractivity contribution >= 4 is 17.5 Å². The van der Waals surface area contributed by atoms with Crippen LogP contribution >= 0.6 is 0 Å². The van der Waals surface area contributed by atoms with E-state index in [-0.39, 0.29) is 16.9 Å². The van der Waals surface area contributed by atoms with Crippen molar-refractivity contribution in [1.29, 1.82) is 0 Å². The van der Waals surface area contributed by atoms with E-state index in [2.05, 4.69) is 16.0 Å². The molecule has 1 aromatic rings. The van der Waals surface area contributed by atoms with Gasteiger partial charge in [0, 0.05) is 30.2 Å². The van der Waals surface area contributed by atoms with Crippen molar-refractivity contribution in [3.05, 3.63) is 29.6 Å². The normalized spacial score (nSPS) is 16.6. The number of amides is 2. The van der Waals surface area contributed by atoms with Crippen LogP contribution in [0.2, 0.25) is 0 Å². The molecule has 6 nitrogen and oxygen atoms in total. The van der Waals surface area contributed by atoms with Gasteiger partial charge in [-0.25, -0.2) is 4.39 Å². The molecule has 0 bridgehead atoms. The Bertz CT molecular complexity index is 674. The molecule has 1 heterocycles. The number of hydrogen-bond acceptors (Lipinski definition) is 4. The minimum atomic E-state index is -0.618. The molecule has 0 spiro atoms. The minimum absolute atomic E-state index is 0.0804. The monoisotopic (exact) mass is 379 g/mol. The van der Waals surface area contributed by atoms with Gasteiger partial charge in [0.1, 0.15) is 5.82 Å². The summed E-state index contributed by atoms with van der Waals surface area (Å²) in [4.78, 5) is 24.7. The summed E-state index contributed by atoms with van der Waals surface area (Å²) in [7, 11) is 1.65. The predicted molar refractivity (Wildman–Crippen MR) is 103 cm³/mol. The second kappa shape index (κ2) is 8.80. The molecule has 1 fully saturated rings. The van der Waals surface area contributed by atoms with Gasteiger partial charge in [-0.05, 0) is 44.1 Å². The summed E-state index contributed by atoms with van der Waals surface area (Å²) in [5, 5.41) is 8.87. The highest BCUT2D eigenvalue weighted by Crippen LogP contribution is 2.28. The first-order chi connectivity index (χ1) is 12.7. The van der Waals surface area contributed by atoms with E-state index in [1.54, 1.807) is 27.9 Å². The van der Waals surface area contributed by atoms with Crippen molar-refractivity contribution in [3.8, 4) is 0 Å². The van der Waals surface area contributed by atoms with Gasteiger partial charge >= 0.3 is 0 Å². The highest BCUT2D eigenvalue weighted by atomic mass is 19.1. The van der Waals surface area contributed by atoms with E-state index >= 15 is 0 Å². The average molecular weight is 379 g/mol. The molecule has 1 aliphatic rings. The van der Waals surface area contributed by atoms with Crippen LogP contribution in [0.15, 0.2) is 18.2 Å². The fraction of sp³-hybridized carbons (Fsp3) is 0.600. The van der Waals surface area contributed by atoms with Gasteiger partial charge < -0.3 is 20.7 Å². The summed E-state index contributed by atoms with van der Waals surface area (Å²) in [6, 6.07) is 4.03. The number of nitrogens with one attached hydrogen (secondary N) is 3. The molecule has 0 aromatic heterocycles. The zero-order valence-electron chi connectivity index (χ0n) is 16.6. The Balaban J connectivity index is 2.08. The third kappa shape index (κ3) is 5.74. The van der Waals surface area contributed by atoms with Gasteiger partial charge in [-0.15, -0.1) is 0 Å². The van der Waals surface area contributed by atoms with E-state index in [1.165, 1.54) is 18.2 Å². The molecule has 1 aromatic carbocycles. The maximum atomic E-state index is 14.2. The Hall–Kier alpha value is -1.99. The van der Waals surface area contributed by atoms with Gasteiger partial charge in [0.25, 0.3) is 5.91 Å². The number of halogens is 1. The largest absolute Gasteiger partial charge is 0.384 e. The van der Waals surface area contributed by atoms with E-state index in [1.807, 2.05) is 0 Å². The first kappa shape index (κ1) is 21.3. The van der Waals surface area contributed by atoms with Gasteiger partial charge in [-0.3, -0.25) is 9.59 Å². The lowest BCUT2D eigenvalue weighted by atomic mass is 9.79. The van der Waals surface area contributed by atoms with Crippen molar-refractivity contribution in [1.82, 2.24) is 10.6 Å². The van der Waals surface area contributed by atoms with Crippen LogP contribution in [0.3, 0.4) is 0 Å². The highest BCUT2D eigenvalue weighted by molar-refractivity contribution is 5.98. The molecule has 27 heavy (non-hydrogen) atoms. The highest BCUT2D eigenvalue weighted by Gasteiger charge is 2.33. The second-order valence-electron chi connectivity index (χ2n) is 8.26. The molecule has 0 aliphatic carbocycles. The number of benzene rings is 1. The SMILES string of the molecule is COCC1(CNC(=O)c2cc(NC(=O)C(C)(C)C)ccc2F)CCNCC1. The van der Waals surface area contributed by atoms with Gasteiger partial charge in [-0.2, -0.15) is 0 Å². The lowest BCUT2D eigenvalue weighted by molar-refractivity contribution is -0.123. The fourth-order valence-corrected chi connectivity index (χ4v) is 3.09. The Morgan fingerprint density at radius 2 is 1.93 bits per heavy atom. The van der Waals surface area contributed by atoms with Crippen LogP contribution in [-0.2, 0) is 9.53 Å². The number of rotatable bonds is 6. The molecular weight excluding hydrogens is 349 g/mol. The molecule has 2 amide bonds. The van der Waals surface area contributed by atoms with Gasteiger partial charge in [0.05, 0.1) is 12.2 Å². The standard InChI is InChI=1S/C20H30FN3O3/c1-19(2,3)18(26)24-14-5-6-16(21)15(11-14)17(25)23-12-20(13-27-4)7-9-22-10-8-20/h5-6,11,22H,7-10,12-13H2,1-4H3,(H,23,25)(H,24,26). The van der Waals surface area contributed by atoms with Crippen LogP contribution in [-0.4, -0.2) is 45.2 Å². The van der Waals surface area contributed by atoms with Crippen molar-refractivity contribution in [2.45, 2.75) is 33.6 Å². The van der Waals surface area contributed by atoms with Crippen LogP contribution in [0.4, 0.5) is 10.1 Å². The van der Waals surface area contributed by atoms with E-state index in [9.17, 15) is 14.0 Å². The molecule has 150 valence electrons. The quantitative estimate of drug-likeness (QED) is 0.710. The molecule has 3 N–H and O–H groups in total. The maximum absolute atomic E-state index is 14.2. The molecule has 0 radical (unpaired) electrons. The number of ether oxygens (including phenoxy) is 1. The minimum Gasteiger partial charge on any atom is -0.384 e. The van der Waals surface area contributed by atoms with Crippen molar-refractivity contribution < 1.29 is 18.7 Å². The third-order valence-corrected chi connectivity index (χ3v) is 4.89. The first-order valence-corrected chi connectivity index (χ1v) is 9.26. The molecule has 0 unspecified atom stereocenters. The first-order valence-electron chi connectivity index (χ1n) is 9.26. The smallest absolute Gasteiger partial charge is 0.254 e. The van der Waals surface area contributed by atoms with Crippen molar-refractivity contribution in [2.24, 2.45) is 10.8 Å². The topological polar surface area (TPSA) is 79.5 Å². The van der Waals surface area contributed by atoms with Gasteiger partial charge in [0.2, 0.25) is 5.91 Å². The van der Waals surface area contributed by atoms with Crippen LogP contribution in [0.5, 0.6) is 0 Å². The molecule has 7 heteroatoms. The Morgan fingerprint density at radius 1 is 1.26 bits per heavy atom. The maximum Gasteiger partial charge on any atom is 0.254 e. The number of carbonyl (C=O) groups excluding carboxylic acids is 2. The summed E-state index contributed by atoms with van der Waals surface area (Å²) in [5.74, 6) is -1.31. The summed E-state index contributed by atoms with van der Waals surface area (Å²) < 4.78 is 19.5. The van der Waals surface area contributed by atoms with Crippen LogP contribution in [0, 0.1) is 16.6 Å². The Morgan fingerprint density at radius 3 is 2.52 bits per heavy atom. The van der Waals surface area contributed by atoms with Crippen molar-refractivity contribution in [2.75, 3.05) is 38.7 Å². The lowest BCUT2D eigenvalue weighted by Crippen LogP contribution is -2.47. The molecule has 0 atom stereocenters. The molecular formula is C20H30FN3O3.